The van der Waals surface area contributed by atoms with Crippen molar-refractivity contribution in [2.24, 2.45) is 0 Å². The van der Waals surface area contributed by atoms with Crippen LogP contribution in [-0.4, -0.2) is 11.1 Å². The van der Waals surface area contributed by atoms with Gasteiger partial charge in [0.15, 0.2) is 0 Å². The van der Waals surface area contributed by atoms with Crippen molar-refractivity contribution in [1.82, 2.24) is 0 Å². The number of para-hydroxylation sites is 1. The highest BCUT2D eigenvalue weighted by Gasteiger charge is 2.11. The van der Waals surface area contributed by atoms with E-state index in [1.54, 1.807) is 0 Å². The van der Waals surface area contributed by atoms with Crippen LogP contribution in [0, 0.1) is 12.7 Å². The molecule has 0 aromatic heterocycles. The minimum absolute atomic E-state index is 0.0247. The Labute approximate surface area is 126 Å². The van der Waals surface area contributed by atoms with Crippen molar-refractivity contribution >= 4 is 28.9 Å². The molecular formula is C15H13ClFNO2. The van der Waals surface area contributed by atoms with Gasteiger partial charge in [-0.05, 0) is 30.7 Å². The fraction of sp³-hybridized carbons (Fsp3) is 0.133. The number of aliphatic carboxylic acids is 1. The average molecular weight is 298 g/mol. The van der Waals surface area contributed by atoms with Gasteiger partial charge in [-0.25, -0.2) is 4.39 Å². The van der Waals surface area contributed by atoms with Gasteiger partial charge in [0.25, 0.3) is 0 Å². The van der Waals surface area contributed by atoms with Crippen LogP contribution < -0.4 is 5.32 Å². The fourth-order valence-electron chi connectivity index (χ4n) is 1.61. The number of aryl methyl sites for hydroxylation is 1. The number of rotatable bonds is 4. The first-order valence-electron chi connectivity index (χ1n) is 7.63. The molecule has 0 amide bonds. The molecule has 104 valence electrons. The molecule has 0 aliphatic carbocycles. The molecule has 2 rings (SSSR count). The lowest BCUT2D eigenvalue weighted by atomic mass is 10.1. The molecule has 0 atom stereocenters. The van der Waals surface area contributed by atoms with Crippen LogP contribution in [-0.2, 0) is 11.2 Å². The van der Waals surface area contributed by atoms with Gasteiger partial charge in [0.1, 0.15) is 5.82 Å². The van der Waals surface area contributed by atoms with E-state index >= 15 is 0 Å². The summed E-state index contributed by atoms with van der Waals surface area (Å²) < 4.78 is 45.3. The van der Waals surface area contributed by atoms with Gasteiger partial charge in [-0.15, -0.1) is 0 Å². The predicted octanol–water partition coefficient (Wildman–Crippen LogP) is 4.16. The second-order valence-electron chi connectivity index (χ2n) is 4.02. The van der Waals surface area contributed by atoms with Gasteiger partial charge < -0.3 is 10.4 Å². The minimum atomic E-state index is -2.84. The summed E-state index contributed by atoms with van der Waals surface area (Å²) in [5, 5.41) is 11.6. The zero-order valence-corrected chi connectivity index (χ0v) is 11.2. The van der Waals surface area contributed by atoms with Crippen LogP contribution in [0.25, 0.3) is 0 Å². The number of benzene rings is 2. The lowest BCUT2D eigenvalue weighted by Gasteiger charge is -2.13. The second-order valence-corrected chi connectivity index (χ2v) is 4.43. The number of hydrogen-bond donors (Lipinski definition) is 2. The Morgan fingerprint density at radius 2 is 2.30 bits per heavy atom. The van der Waals surface area contributed by atoms with Gasteiger partial charge in [0.2, 0.25) is 0 Å². The van der Waals surface area contributed by atoms with Gasteiger partial charge >= 0.3 is 5.97 Å². The standard InChI is InChI=1S/C15H13ClFNO2/c1-9-5-6-13(10(7-9)8-14(19)20)18-15-11(16)3-2-4-12(15)17/h2-7,18H,8H2,1H3,(H,19,20)/i5D,6D,8D2. The minimum Gasteiger partial charge on any atom is -0.481 e. The summed E-state index contributed by atoms with van der Waals surface area (Å²) in [4.78, 5) is 11.3. The first kappa shape index (κ1) is 9.77. The Morgan fingerprint density at radius 3 is 2.95 bits per heavy atom. The first-order chi connectivity index (χ1) is 11.1. The Hall–Kier alpha value is -2.07. The molecule has 2 aromatic carbocycles. The zero-order valence-electron chi connectivity index (χ0n) is 14.4. The SMILES string of the molecule is [2H]c1c(C)cc(C([2H])([2H])C(=O)O)c(Nc2c(F)cccc2Cl)c1[2H]. The van der Waals surface area contributed by atoms with E-state index in [9.17, 15) is 9.18 Å². The maximum atomic E-state index is 14.0. The maximum Gasteiger partial charge on any atom is 0.307 e. The molecule has 0 unspecified atom stereocenters. The number of carboxylic acids is 1. The van der Waals surface area contributed by atoms with Gasteiger partial charge in [-0.3, -0.25) is 4.79 Å². The van der Waals surface area contributed by atoms with E-state index in [1.165, 1.54) is 19.1 Å². The van der Waals surface area contributed by atoms with Crippen molar-refractivity contribution in [1.29, 1.82) is 0 Å². The van der Waals surface area contributed by atoms with Crippen LogP contribution in [0.2, 0.25) is 5.02 Å². The van der Waals surface area contributed by atoms with Crippen LogP contribution in [0.15, 0.2) is 36.4 Å². The summed E-state index contributed by atoms with van der Waals surface area (Å²) in [5.74, 6) is -2.52. The monoisotopic (exact) mass is 297 g/mol. The topological polar surface area (TPSA) is 49.3 Å². The van der Waals surface area contributed by atoms with Crippen molar-refractivity contribution < 1.29 is 19.8 Å². The van der Waals surface area contributed by atoms with Crippen molar-refractivity contribution in [2.45, 2.75) is 13.3 Å². The highest BCUT2D eigenvalue weighted by Crippen LogP contribution is 2.30. The van der Waals surface area contributed by atoms with E-state index in [4.69, 9.17) is 22.2 Å². The number of halogens is 2. The molecular weight excluding hydrogens is 281 g/mol. The Bertz CT molecular complexity index is 809. The number of nitrogens with one attached hydrogen (secondary N) is 1. The quantitative estimate of drug-likeness (QED) is 0.891. The average Bonchev–Trinajstić information content (AvgIpc) is 2.50. The van der Waals surface area contributed by atoms with E-state index in [0.717, 1.165) is 12.1 Å². The van der Waals surface area contributed by atoms with Crippen molar-refractivity contribution in [2.75, 3.05) is 5.32 Å². The normalized spacial score (nSPS) is 13.9. The predicted molar refractivity (Wildman–Crippen MR) is 77.2 cm³/mol. The molecule has 20 heavy (non-hydrogen) atoms. The third-order valence-corrected chi connectivity index (χ3v) is 2.78. The molecule has 0 saturated heterocycles. The van der Waals surface area contributed by atoms with E-state index < -0.39 is 24.2 Å². The van der Waals surface area contributed by atoms with Crippen LogP contribution in [0.3, 0.4) is 0 Å². The highest BCUT2D eigenvalue weighted by atomic mass is 35.5. The molecule has 0 radical (unpaired) electrons. The van der Waals surface area contributed by atoms with E-state index in [-0.39, 0.29) is 33.6 Å². The Balaban J connectivity index is 2.73. The first-order valence-corrected chi connectivity index (χ1v) is 6.01. The van der Waals surface area contributed by atoms with E-state index in [1.807, 2.05) is 0 Å². The van der Waals surface area contributed by atoms with Crippen molar-refractivity contribution in [3.05, 3.63) is 58.3 Å². The molecule has 0 heterocycles. The smallest absolute Gasteiger partial charge is 0.307 e. The second kappa shape index (κ2) is 5.92. The highest BCUT2D eigenvalue weighted by molar-refractivity contribution is 6.33. The molecule has 0 aliphatic heterocycles. The van der Waals surface area contributed by atoms with Crippen molar-refractivity contribution in [3.8, 4) is 0 Å². The Kier molecular flexibility index (Phi) is 2.90. The maximum absolute atomic E-state index is 14.0. The van der Waals surface area contributed by atoms with Gasteiger partial charge in [0, 0.05) is 8.43 Å². The largest absolute Gasteiger partial charge is 0.481 e. The van der Waals surface area contributed by atoms with Crippen LogP contribution in [0.5, 0.6) is 0 Å². The third-order valence-electron chi connectivity index (χ3n) is 2.47. The van der Waals surface area contributed by atoms with Gasteiger partial charge in [0.05, 0.1) is 19.8 Å². The van der Waals surface area contributed by atoms with Crippen molar-refractivity contribution in [3.63, 3.8) is 0 Å². The molecule has 2 aromatic rings. The van der Waals surface area contributed by atoms with Crippen LogP contribution in [0.4, 0.5) is 15.8 Å². The Morgan fingerprint density at radius 1 is 1.55 bits per heavy atom. The molecule has 2 N–H and O–H groups in total. The third kappa shape index (κ3) is 3.27. The molecule has 3 nitrogen and oxygen atoms in total. The molecule has 0 bridgehead atoms. The summed E-state index contributed by atoms with van der Waals surface area (Å²) >= 11 is 5.91. The summed E-state index contributed by atoms with van der Waals surface area (Å²) in [7, 11) is 0. The molecule has 0 aliphatic rings. The number of carbonyl (C=O) groups is 1. The number of anilines is 2. The molecule has 0 fully saturated rings. The van der Waals surface area contributed by atoms with E-state index in [2.05, 4.69) is 5.32 Å². The molecule has 0 spiro atoms. The lowest BCUT2D eigenvalue weighted by molar-refractivity contribution is -0.136. The van der Waals surface area contributed by atoms with Gasteiger partial charge in [-0.1, -0.05) is 35.3 Å². The molecule has 5 heteroatoms. The zero-order chi connectivity index (χ0) is 18.2. The summed E-state index contributed by atoms with van der Waals surface area (Å²) in [6, 6.07) is 4.35. The summed E-state index contributed by atoms with van der Waals surface area (Å²) in [5.41, 5.74) is -0.693. The van der Waals surface area contributed by atoms with Crippen LogP contribution >= 0.6 is 11.6 Å². The number of hydrogen-bond acceptors (Lipinski definition) is 2. The van der Waals surface area contributed by atoms with E-state index in [0.29, 0.717) is 0 Å². The summed E-state index contributed by atoms with van der Waals surface area (Å²) in [6.07, 6.45) is -2.84. The lowest BCUT2D eigenvalue weighted by Crippen LogP contribution is -2.05. The van der Waals surface area contributed by atoms with Crippen LogP contribution in [0.1, 0.15) is 16.6 Å². The number of carboxylic acid groups (broad SMARTS) is 1. The summed E-state index contributed by atoms with van der Waals surface area (Å²) in [6.45, 7) is 1.46. The fourth-order valence-corrected chi connectivity index (χ4v) is 1.82. The molecule has 0 saturated carbocycles. The van der Waals surface area contributed by atoms with Gasteiger partial charge in [-0.2, -0.15) is 0 Å².